The Labute approximate surface area is 133 Å². The molecule has 1 N–H and O–H groups in total. The molecule has 2 nitrogen and oxygen atoms in total. The molecule has 2 unspecified atom stereocenters. The van der Waals surface area contributed by atoms with E-state index in [0.29, 0.717) is 17.6 Å². The molecular formula is C20H26O2. The van der Waals surface area contributed by atoms with Crippen LogP contribution in [0.1, 0.15) is 63.6 Å². The number of rotatable bonds is 1. The van der Waals surface area contributed by atoms with Crippen molar-refractivity contribution in [3.63, 3.8) is 0 Å². The summed E-state index contributed by atoms with van der Waals surface area (Å²) < 4.78 is 0. The summed E-state index contributed by atoms with van der Waals surface area (Å²) >= 11 is 0. The summed E-state index contributed by atoms with van der Waals surface area (Å²) in [7, 11) is 0. The minimum Gasteiger partial charge on any atom is -0.508 e. The average molecular weight is 298 g/mol. The van der Waals surface area contributed by atoms with Crippen LogP contribution in [-0.2, 0) is 16.6 Å². The number of fused-ring (bicyclic) bond motifs is 3. The number of benzene rings is 1. The van der Waals surface area contributed by atoms with E-state index in [9.17, 15) is 9.90 Å². The van der Waals surface area contributed by atoms with Crippen LogP contribution in [0.2, 0.25) is 0 Å². The second-order valence-electron chi connectivity index (χ2n) is 7.97. The van der Waals surface area contributed by atoms with Crippen LogP contribution in [0.25, 0.3) is 0 Å². The summed E-state index contributed by atoms with van der Waals surface area (Å²) in [5.74, 6) is 1.26. The number of carbonyl (C=O) groups is 1. The molecule has 0 aliphatic heterocycles. The van der Waals surface area contributed by atoms with Gasteiger partial charge >= 0.3 is 0 Å². The Kier molecular flexibility index (Phi) is 3.28. The first-order valence-corrected chi connectivity index (χ1v) is 8.28. The van der Waals surface area contributed by atoms with Gasteiger partial charge in [0.2, 0.25) is 0 Å². The highest BCUT2D eigenvalue weighted by Crippen LogP contribution is 2.54. The largest absolute Gasteiger partial charge is 0.508 e. The third kappa shape index (κ3) is 1.89. The lowest BCUT2D eigenvalue weighted by Crippen LogP contribution is -2.49. The monoisotopic (exact) mass is 298 g/mol. The van der Waals surface area contributed by atoms with Crippen molar-refractivity contribution in [2.24, 2.45) is 11.3 Å². The Balaban J connectivity index is 2.25. The minimum absolute atomic E-state index is 0.123. The zero-order valence-electron chi connectivity index (χ0n) is 14.2. The predicted octanol–water partition coefficient (Wildman–Crippen LogP) is 4.50. The van der Waals surface area contributed by atoms with E-state index in [2.05, 4.69) is 46.8 Å². The fourth-order valence-electron chi connectivity index (χ4n) is 4.80. The van der Waals surface area contributed by atoms with Crippen LogP contribution < -0.4 is 0 Å². The second kappa shape index (κ2) is 4.71. The highest BCUT2D eigenvalue weighted by Gasteiger charge is 2.51. The van der Waals surface area contributed by atoms with E-state index in [-0.39, 0.29) is 16.6 Å². The van der Waals surface area contributed by atoms with E-state index >= 15 is 0 Å². The molecule has 118 valence electrons. The number of allylic oxidation sites excluding steroid dienone is 2. The van der Waals surface area contributed by atoms with Gasteiger partial charge in [0.1, 0.15) is 5.75 Å². The van der Waals surface area contributed by atoms with E-state index in [1.165, 1.54) is 11.1 Å². The molecule has 0 saturated carbocycles. The third-order valence-corrected chi connectivity index (χ3v) is 5.99. The maximum atomic E-state index is 12.3. The summed E-state index contributed by atoms with van der Waals surface area (Å²) in [5.41, 5.74) is 3.23. The topological polar surface area (TPSA) is 37.3 Å². The zero-order chi connectivity index (χ0) is 16.3. The fourth-order valence-corrected chi connectivity index (χ4v) is 4.80. The van der Waals surface area contributed by atoms with Gasteiger partial charge in [-0.05, 0) is 53.5 Å². The van der Waals surface area contributed by atoms with Gasteiger partial charge in [-0.1, -0.05) is 46.8 Å². The van der Waals surface area contributed by atoms with Crippen molar-refractivity contribution in [3.8, 4) is 5.75 Å². The number of ketones is 1. The van der Waals surface area contributed by atoms with Gasteiger partial charge in [0, 0.05) is 10.8 Å². The van der Waals surface area contributed by atoms with Crippen LogP contribution >= 0.6 is 0 Å². The van der Waals surface area contributed by atoms with Crippen molar-refractivity contribution < 1.29 is 9.90 Å². The number of phenolic OH excluding ortho intramolecular Hbond substituents is 1. The molecule has 1 aromatic rings. The molecule has 0 spiro atoms. The van der Waals surface area contributed by atoms with Gasteiger partial charge in [-0.25, -0.2) is 0 Å². The van der Waals surface area contributed by atoms with Crippen LogP contribution in [0.3, 0.4) is 0 Å². The molecule has 2 heteroatoms. The molecule has 2 atom stereocenters. The Bertz CT molecular complexity index is 667. The van der Waals surface area contributed by atoms with E-state index < -0.39 is 0 Å². The lowest BCUT2D eigenvalue weighted by molar-refractivity contribution is -0.127. The normalized spacial score (nSPS) is 29.4. The standard InChI is InChI=1S/C20H26O2/c1-12(2)18-13-6-9-16-19(3,4)17(22)10-11-20(16,5)14(13)7-8-15(18)21/h7-8,10-12,16,21H,6,9H2,1-5H3. The Morgan fingerprint density at radius 3 is 2.55 bits per heavy atom. The molecule has 0 fully saturated rings. The molecule has 3 rings (SSSR count). The van der Waals surface area contributed by atoms with Crippen LogP contribution in [0.4, 0.5) is 0 Å². The number of aromatic hydroxyl groups is 1. The predicted molar refractivity (Wildman–Crippen MR) is 89.3 cm³/mol. The van der Waals surface area contributed by atoms with Gasteiger partial charge in [0.05, 0.1) is 0 Å². The van der Waals surface area contributed by atoms with Crippen LogP contribution in [0.5, 0.6) is 5.75 Å². The number of carbonyl (C=O) groups excluding carboxylic acids is 1. The van der Waals surface area contributed by atoms with Gasteiger partial charge in [0.25, 0.3) is 0 Å². The van der Waals surface area contributed by atoms with E-state index in [1.807, 2.05) is 6.07 Å². The van der Waals surface area contributed by atoms with Gasteiger partial charge in [-0.15, -0.1) is 0 Å². The highest BCUT2D eigenvalue weighted by molar-refractivity contribution is 5.96. The van der Waals surface area contributed by atoms with Gasteiger partial charge in [-0.2, -0.15) is 0 Å². The summed E-state index contributed by atoms with van der Waals surface area (Å²) in [6.45, 7) is 10.7. The maximum absolute atomic E-state index is 12.3. The van der Waals surface area contributed by atoms with E-state index in [0.717, 1.165) is 18.4 Å². The average Bonchev–Trinajstić information content (AvgIpc) is 2.42. The minimum atomic E-state index is -0.322. The molecule has 2 aliphatic rings. The van der Waals surface area contributed by atoms with Crippen molar-refractivity contribution in [2.45, 2.75) is 58.8 Å². The first-order chi connectivity index (χ1) is 10.2. The quantitative estimate of drug-likeness (QED) is 0.828. The number of hydrogen-bond acceptors (Lipinski definition) is 2. The van der Waals surface area contributed by atoms with Crippen molar-refractivity contribution in [2.75, 3.05) is 0 Å². The first kappa shape index (κ1) is 15.3. The molecule has 2 aliphatic carbocycles. The SMILES string of the molecule is CC(C)c1c(O)ccc2c1CCC1C(C)(C)C(=O)C=CC21C. The maximum Gasteiger partial charge on any atom is 0.161 e. The molecule has 0 aromatic heterocycles. The molecule has 1 aromatic carbocycles. The number of hydrogen-bond donors (Lipinski definition) is 1. The zero-order valence-corrected chi connectivity index (χ0v) is 14.2. The molecular weight excluding hydrogens is 272 g/mol. The van der Waals surface area contributed by atoms with Crippen LogP contribution in [-0.4, -0.2) is 10.9 Å². The highest BCUT2D eigenvalue weighted by atomic mass is 16.3. The Hall–Kier alpha value is -1.57. The molecule has 0 amide bonds. The van der Waals surface area contributed by atoms with Gasteiger partial charge < -0.3 is 5.11 Å². The van der Waals surface area contributed by atoms with Crippen LogP contribution in [0, 0.1) is 11.3 Å². The molecule has 0 saturated heterocycles. The Morgan fingerprint density at radius 2 is 1.91 bits per heavy atom. The lowest BCUT2D eigenvalue weighted by atomic mass is 9.52. The fraction of sp³-hybridized carbons (Fsp3) is 0.550. The van der Waals surface area contributed by atoms with Crippen molar-refractivity contribution >= 4 is 5.78 Å². The molecule has 0 bridgehead atoms. The van der Waals surface area contributed by atoms with E-state index in [1.54, 1.807) is 6.08 Å². The Morgan fingerprint density at radius 1 is 1.23 bits per heavy atom. The first-order valence-electron chi connectivity index (χ1n) is 8.28. The molecule has 0 radical (unpaired) electrons. The molecule has 0 heterocycles. The summed E-state index contributed by atoms with van der Waals surface area (Å²) in [6.07, 6.45) is 5.82. The number of phenols is 1. The lowest BCUT2D eigenvalue weighted by Gasteiger charge is -2.51. The second-order valence-corrected chi connectivity index (χ2v) is 7.97. The van der Waals surface area contributed by atoms with Gasteiger partial charge in [-0.3, -0.25) is 4.79 Å². The smallest absolute Gasteiger partial charge is 0.161 e. The third-order valence-electron chi connectivity index (χ3n) is 5.99. The van der Waals surface area contributed by atoms with Crippen LogP contribution in [0.15, 0.2) is 24.3 Å². The van der Waals surface area contributed by atoms with Crippen molar-refractivity contribution in [1.29, 1.82) is 0 Å². The van der Waals surface area contributed by atoms with Crippen molar-refractivity contribution in [1.82, 2.24) is 0 Å². The van der Waals surface area contributed by atoms with Crippen molar-refractivity contribution in [3.05, 3.63) is 41.0 Å². The molecule has 22 heavy (non-hydrogen) atoms. The summed E-state index contributed by atoms with van der Waals surface area (Å²) in [5, 5.41) is 10.3. The summed E-state index contributed by atoms with van der Waals surface area (Å²) in [6, 6.07) is 3.90. The summed E-state index contributed by atoms with van der Waals surface area (Å²) in [4.78, 5) is 12.3. The van der Waals surface area contributed by atoms with Gasteiger partial charge in [0.15, 0.2) is 5.78 Å². The van der Waals surface area contributed by atoms with E-state index in [4.69, 9.17) is 0 Å².